The molecule has 0 radical (unpaired) electrons. The van der Waals surface area contributed by atoms with Crippen LogP contribution in [-0.4, -0.2) is 52.5 Å². The third-order valence-corrected chi connectivity index (χ3v) is 2.24. The number of hydrogen-bond acceptors (Lipinski definition) is 4. The first-order valence-corrected chi connectivity index (χ1v) is 5.74. The zero-order valence-electron chi connectivity index (χ0n) is 10.5. The molecule has 0 aliphatic carbocycles. The number of carbonyl (C=O) groups is 1. The molecule has 0 aromatic heterocycles. The molecule has 0 aliphatic rings. The molecule has 2 N–H and O–H groups in total. The van der Waals surface area contributed by atoms with Gasteiger partial charge in [-0.15, -0.1) is 0 Å². The van der Waals surface area contributed by atoms with Gasteiger partial charge in [0.2, 0.25) is 5.91 Å². The maximum Gasteiger partial charge on any atom is 0.236 e. The Hall–Kier alpha value is -0.650. The maximum absolute atomic E-state index is 11.1. The Kier molecular flexibility index (Phi) is 10.4. The Bertz CT molecular complexity index is 177. The van der Waals surface area contributed by atoms with Gasteiger partial charge in [0, 0.05) is 20.8 Å². The molecule has 5 heteroatoms. The Morgan fingerprint density at radius 3 is 2.62 bits per heavy atom. The lowest BCUT2D eigenvalue weighted by molar-refractivity contribution is -0.122. The van der Waals surface area contributed by atoms with Gasteiger partial charge in [-0.2, -0.15) is 0 Å². The summed E-state index contributed by atoms with van der Waals surface area (Å²) in [6, 6.07) is -0.126. The van der Waals surface area contributed by atoms with E-state index in [4.69, 9.17) is 9.47 Å². The van der Waals surface area contributed by atoms with Crippen molar-refractivity contribution in [3.05, 3.63) is 0 Å². The number of carbonyl (C=O) groups excluding carboxylic acids is 1. The number of amides is 1. The summed E-state index contributed by atoms with van der Waals surface area (Å²) in [5.41, 5.74) is 0. The van der Waals surface area contributed by atoms with Gasteiger partial charge in [0.15, 0.2) is 0 Å². The van der Waals surface area contributed by atoms with Gasteiger partial charge in [-0.05, 0) is 26.3 Å². The number of unbranched alkanes of at least 4 members (excludes halogenated alkanes) is 1. The van der Waals surface area contributed by atoms with Crippen LogP contribution in [0.2, 0.25) is 0 Å². The van der Waals surface area contributed by atoms with Crippen LogP contribution in [0.25, 0.3) is 0 Å². The molecular weight excluding hydrogens is 208 g/mol. The second-order valence-electron chi connectivity index (χ2n) is 3.60. The number of nitrogens with one attached hydrogen (secondary N) is 2. The normalized spacial score (nSPS) is 12.4. The van der Waals surface area contributed by atoms with Crippen molar-refractivity contribution >= 4 is 5.91 Å². The van der Waals surface area contributed by atoms with Crippen molar-refractivity contribution in [1.29, 1.82) is 0 Å². The van der Waals surface area contributed by atoms with Crippen LogP contribution in [0, 0.1) is 0 Å². The minimum atomic E-state index is -0.126. The van der Waals surface area contributed by atoms with E-state index in [1.54, 1.807) is 14.2 Å². The van der Waals surface area contributed by atoms with Crippen LogP contribution in [0.5, 0.6) is 0 Å². The van der Waals surface area contributed by atoms with Crippen molar-refractivity contribution < 1.29 is 14.3 Å². The lowest BCUT2D eigenvalue weighted by Crippen LogP contribution is -2.40. The molecule has 0 spiro atoms. The molecule has 16 heavy (non-hydrogen) atoms. The van der Waals surface area contributed by atoms with Crippen LogP contribution in [-0.2, 0) is 14.3 Å². The zero-order chi connectivity index (χ0) is 12.2. The molecule has 0 bridgehead atoms. The highest BCUT2D eigenvalue weighted by Gasteiger charge is 2.08. The number of methoxy groups -OCH3 is 1. The third-order valence-electron chi connectivity index (χ3n) is 2.24. The smallest absolute Gasteiger partial charge is 0.236 e. The molecule has 5 nitrogen and oxygen atoms in total. The molecule has 0 saturated carbocycles. The first-order valence-electron chi connectivity index (χ1n) is 5.74. The van der Waals surface area contributed by atoms with Gasteiger partial charge in [0.1, 0.15) is 0 Å². The SMILES string of the molecule is CNC(=O)C(C)NCCCCOCCOC. The fourth-order valence-corrected chi connectivity index (χ4v) is 1.20. The van der Waals surface area contributed by atoms with Crippen LogP contribution < -0.4 is 10.6 Å². The predicted octanol–water partition coefficient (Wildman–Crippen LogP) is 0.154. The van der Waals surface area contributed by atoms with Gasteiger partial charge in [0.25, 0.3) is 0 Å². The highest BCUT2D eigenvalue weighted by atomic mass is 16.5. The summed E-state index contributed by atoms with van der Waals surface area (Å²) < 4.78 is 10.2. The number of rotatable bonds is 10. The lowest BCUT2D eigenvalue weighted by atomic mass is 10.2. The van der Waals surface area contributed by atoms with Crippen molar-refractivity contribution in [1.82, 2.24) is 10.6 Å². The van der Waals surface area contributed by atoms with Gasteiger partial charge < -0.3 is 20.1 Å². The lowest BCUT2D eigenvalue weighted by Gasteiger charge is -2.11. The maximum atomic E-state index is 11.1. The molecule has 0 fully saturated rings. The molecule has 1 amide bonds. The molecule has 96 valence electrons. The van der Waals surface area contributed by atoms with E-state index in [0.29, 0.717) is 13.2 Å². The van der Waals surface area contributed by atoms with Gasteiger partial charge in [-0.25, -0.2) is 0 Å². The van der Waals surface area contributed by atoms with Gasteiger partial charge in [-0.1, -0.05) is 0 Å². The average Bonchev–Trinajstić information content (AvgIpc) is 2.31. The van der Waals surface area contributed by atoms with Crippen molar-refractivity contribution in [2.45, 2.75) is 25.8 Å². The number of likely N-dealkylation sites (N-methyl/N-ethyl adjacent to an activating group) is 1. The predicted molar refractivity (Wildman–Crippen MR) is 63.5 cm³/mol. The Morgan fingerprint density at radius 1 is 1.25 bits per heavy atom. The summed E-state index contributed by atoms with van der Waals surface area (Å²) >= 11 is 0. The Morgan fingerprint density at radius 2 is 2.00 bits per heavy atom. The molecule has 0 aliphatic heterocycles. The fourth-order valence-electron chi connectivity index (χ4n) is 1.20. The van der Waals surface area contributed by atoms with E-state index in [1.165, 1.54) is 0 Å². The standard InChI is InChI=1S/C11H24N2O3/c1-10(11(14)12-2)13-6-4-5-7-16-9-8-15-3/h10,13H,4-9H2,1-3H3,(H,12,14). The second kappa shape index (κ2) is 10.9. The van der Waals surface area contributed by atoms with Crippen LogP contribution in [0.4, 0.5) is 0 Å². The van der Waals surface area contributed by atoms with Crippen molar-refractivity contribution in [2.24, 2.45) is 0 Å². The molecule has 0 aromatic carbocycles. The van der Waals surface area contributed by atoms with Crippen LogP contribution in [0.3, 0.4) is 0 Å². The summed E-state index contributed by atoms with van der Waals surface area (Å²) in [5.74, 6) is 0.0244. The van der Waals surface area contributed by atoms with E-state index >= 15 is 0 Å². The molecule has 0 saturated heterocycles. The molecule has 0 aromatic rings. The fraction of sp³-hybridized carbons (Fsp3) is 0.909. The molecule has 1 atom stereocenters. The summed E-state index contributed by atoms with van der Waals surface area (Å²) in [5, 5.41) is 5.74. The van der Waals surface area contributed by atoms with Crippen LogP contribution in [0.15, 0.2) is 0 Å². The van der Waals surface area contributed by atoms with E-state index in [1.807, 2.05) is 6.92 Å². The zero-order valence-corrected chi connectivity index (χ0v) is 10.5. The molecular formula is C11H24N2O3. The molecule has 0 rings (SSSR count). The summed E-state index contributed by atoms with van der Waals surface area (Å²) in [6.45, 7) is 4.74. The van der Waals surface area contributed by atoms with Crippen LogP contribution in [0.1, 0.15) is 19.8 Å². The van der Waals surface area contributed by atoms with E-state index in [-0.39, 0.29) is 11.9 Å². The average molecular weight is 232 g/mol. The number of ether oxygens (including phenoxy) is 2. The Balaban J connectivity index is 3.17. The highest BCUT2D eigenvalue weighted by Crippen LogP contribution is 1.90. The first kappa shape index (κ1) is 15.3. The van der Waals surface area contributed by atoms with Crippen molar-refractivity contribution in [3.63, 3.8) is 0 Å². The third kappa shape index (κ3) is 8.64. The van der Waals surface area contributed by atoms with Gasteiger partial charge in [-0.3, -0.25) is 4.79 Å². The minimum Gasteiger partial charge on any atom is -0.382 e. The van der Waals surface area contributed by atoms with E-state index in [9.17, 15) is 4.79 Å². The molecule has 0 heterocycles. The summed E-state index contributed by atoms with van der Waals surface area (Å²) in [6.07, 6.45) is 2.01. The Labute approximate surface area is 97.9 Å². The van der Waals surface area contributed by atoms with Crippen molar-refractivity contribution in [2.75, 3.05) is 40.5 Å². The second-order valence-corrected chi connectivity index (χ2v) is 3.60. The minimum absolute atomic E-state index is 0.0244. The monoisotopic (exact) mass is 232 g/mol. The largest absolute Gasteiger partial charge is 0.382 e. The van der Waals surface area contributed by atoms with Crippen LogP contribution >= 0.6 is 0 Å². The van der Waals surface area contributed by atoms with E-state index in [2.05, 4.69) is 10.6 Å². The topological polar surface area (TPSA) is 59.6 Å². The quantitative estimate of drug-likeness (QED) is 0.527. The number of hydrogen-bond donors (Lipinski definition) is 2. The van der Waals surface area contributed by atoms with E-state index < -0.39 is 0 Å². The summed E-state index contributed by atoms with van der Waals surface area (Å²) in [7, 11) is 3.30. The van der Waals surface area contributed by atoms with Gasteiger partial charge >= 0.3 is 0 Å². The van der Waals surface area contributed by atoms with Gasteiger partial charge in [0.05, 0.1) is 19.3 Å². The highest BCUT2D eigenvalue weighted by molar-refractivity contribution is 5.80. The van der Waals surface area contributed by atoms with E-state index in [0.717, 1.165) is 26.0 Å². The first-order chi connectivity index (χ1) is 7.72. The molecule has 1 unspecified atom stereocenters. The summed E-state index contributed by atoms with van der Waals surface area (Å²) in [4.78, 5) is 11.1. The van der Waals surface area contributed by atoms with Crippen molar-refractivity contribution in [3.8, 4) is 0 Å².